The van der Waals surface area contributed by atoms with E-state index in [1.165, 1.54) is 12.1 Å². The molecular formula is C16H15N5O5. The smallest absolute Gasteiger partial charge is 0.319 e. The van der Waals surface area contributed by atoms with Crippen molar-refractivity contribution in [3.05, 3.63) is 66.5 Å². The summed E-state index contributed by atoms with van der Waals surface area (Å²) in [5.41, 5.74) is -1.63. The van der Waals surface area contributed by atoms with Crippen LogP contribution in [0.5, 0.6) is 0 Å². The number of hydrogen-bond donors (Lipinski definition) is 1. The van der Waals surface area contributed by atoms with Gasteiger partial charge in [-0.05, 0) is 25.5 Å². The molecule has 1 aromatic heterocycles. The van der Waals surface area contributed by atoms with Gasteiger partial charge in [0.2, 0.25) is 5.91 Å². The average Bonchev–Trinajstić information content (AvgIpc) is 2.60. The van der Waals surface area contributed by atoms with Crippen LogP contribution in [-0.4, -0.2) is 20.0 Å². The molecule has 1 heterocycles. The summed E-state index contributed by atoms with van der Waals surface area (Å²) in [6.07, 6.45) is 1.13. The second kappa shape index (κ2) is 7.43. The van der Waals surface area contributed by atoms with Gasteiger partial charge in [0.1, 0.15) is 23.9 Å². The highest BCUT2D eigenvalue weighted by Gasteiger charge is 2.18. The number of nitrogens with one attached hydrogen (secondary N) is 1. The number of rotatable bonds is 5. The third-order valence-corrected chi connectivity index (χ3v) is 3.62. The predicted octanol–water partition coefficient (Wildman–Crippen LogP) is 0.757. The molecule has 0 aliphatic heterocycles. The lowest BCUT2D eigenvalue weighted by Crippen LogP contribution is -2.43. The summed E-state index contributed by atoms with van der Waals surface area (Å²) in [4.78, 5) is 47.0. The number of carbonyl (C=O) groups excluding carboxylic acids is 1. The minimum absolute atomic E-state index is 0.0501. The van der Waals surface area contributed by atoms with Gasteiger partial charge in [0, 0.05) is 18.8 Å². The van der Waals surface area contributed by atoms with Crippen molar-refractivity contribution in [1.82, 2.24) is 9.13 Å². The van der Waals surface area contributed by atoms with Crippen molar-refractivity contribution in [1.29, 1.82) is 5.26 Å². The van der Waals surface area contributed by atoms with E-state index in [0.29, 0.717) is 10.1 Å². The Bertz CT molecular complexity index is 1040. The normalized spacial score (nSPS) is 10.2. The first-order chi connectivity index (χ1) is 12.3. The Labute approximate surface area is 147 Å². The number of anilines is 1. The number of amides is 1. The van der Waals surface area contributed by atoms with Gasteiger partial charge in [-0.2, -0.15) is 5.26 Å². The number of benzene rings is 1. The van der Waals surface area contributed by atoms with Crippen molar-refractivity contribution in [2.24, 2.45) is 0 Å². The van der Waals surface area contributed by atoms with Crippen molar-refractivity contribution in [3.8, 4) is 6.07 Å². The van der Waals surface area contributed by atoms with Crippen molar-refractivity contribution in [2.45, 2.75) is 26.9 Å². The summed E-state index contributed by atoms with van der Waals surface area (Å²) < 4.78 is 1.75. The van der Waals surface area contributed by atoms with Crippen molar-refractivity contribution >= 4 is 17.3 Å². The van der Waals surface area contributed by atoms with Gasteiger partial charge in [-0.15, -0.1) is 0 Å². The van der Waals surface area contributed by atoms with Crippen LogP contribution in [0, 0.1) is 28.4 Å². The second-order valence-corrected chi connectivity index (χ2v) is 5.44. The van der Waals surface area contributed by atoms with E-state index >= 15 is 0 Å². The molecule has 0 atom stereocenters. The van der Waals surface area contributed by atoms with Crippen LogP contribution in [0.3, 0.4) is 0 Å². The molecule has 1 aromatic carbocycles. The highest BCUT2D eigenvalue weighted by Crippen LogP contribution is 2.25. The molecule has 0 bridgehead atoms. The molecule has 0 saturated carbocycles. The summed E-state index contributed by atoms with van der Waals surface area (Å²) in [6, 6.07) is 5.91. The zero-order valence-corrected chi connectivity index (χ0v) is 14.1. The quantitative estimate of drug-likeness (QED) is 0.619. The van der Waals surface area contributed by atoms with Gasteiger partial charge < -0.3 is 5.32 Å². The molecule has 10 nitrogen and oxygen atoms in total. The predicted molar refractivity (Wildman–Crippen MR) is 91.8 cm³/mol. The Morgan fingerprint density at radius 3 is 2.65 bits per heavy atom. The maximum Gasteiger partial charge on any atom is 0.331 e. The number of nitro groups is 1. The van der Waals surface area contributed by atoms with Gasteiger partial charge in [0.15, 0.2) is 0 Å². The van der Waals surface area contributed by atoms with Crippen LogP contribution in [-0.2, 0) is 17.9 Å². The van der Waals surface area contributed by atoms with Crippen LogP contribution in [0.15, 0.2) is 34.0 Å². The zero-order chi connectivity index (χ0) is 19.4. The van der Waals surface area contributed by atoms with Crippen LogP contribution in [0.25, 0.3) is 0 Å². The zero-order valence-electron chi connectivity index (χ0n) is 14.1. The molecule has 0 spiro atoms. The Morgan fingerprint density at radius 1 is 1.38 bits per heavy atom. The lowest BCUT2D eigenvalue weighted by Gasteiger charge is -2.10. The van der Waals surface area contributed by atoms with Gasteiger partial charge in [-0.3, -0.25) is 24.3 Å². The highest BCUT2D eigenvalue weighted by atomic mass is 16.6. The van der Waals surface area contributed by atoms with E-state index in [1.54, 1.807) is 26.0 Å². The molecule has 0 aliphatic rings. The first-order valence-corrected chi connectivity index (χ1v) is 7.57. The Morgan fingerprint density at radius 2 is 2.08 bits per heavy atom. The molecule has 0 fully saturated rings. The lowest BCUT2D eigenvalue weighted by molar-refractivity contribution is -0.384. The van der Waals surface area contributed by atoms with E-state index in [9.17, 15) is 24.5 Å². The Balaban J connectivity index is 2.38. The number of nitriles is 1. The number of nitrogens with zero attached hydrogens (tertiary/aromatic N) is 4. The van der Waals surface area contributed by atoms with Gasteiger partial charge in [-0.25, -0.2) is 9.36 Å². The van der Waals surface area contributed by atoms with E-state index in [1.807, 2.05) is 0 Å². The Kier molecular flexibility index (Phi) is 5.32. The van der Waals surface area contributed by atoms with Crippen molar-refractivity contribution < 1.29 is 9.72 Å². The highest BCUT2D eigenvalue weighted by molar-refractivity contribution is 5.93. The minimum Gasteiger partial charge on any atom is -0.319 e. The molecule has 26 heavy (non-hydrogen) atoms. The molecule has 2 rings (SSSR count). The maximum atomic E-state index is 12.2. The number of carbonyl (C=O) groups is 1. The number of aryl methyl sites for hydroxylation is 2. The van der Waals surface area contributed by atoms with Gasteiger partial charge in [0.25, 0.3) is 11.2 Å². The standard InChI is InChI=1S/C16H15N5O5/c1-3-19-8-11(7-17)15(23)20(16(19)24)9-14(22)18-12-5-4-10(2)6-13(12)21(25)26/h4-6,8H,3,9H2,1-2H3,(H,18,22). The Hall–Kier alpha value is -3.74. The molecule has 0 saturated heterocycles. The first-order valence-electron chi connectivity index (χ1n) is 7.57. The maximum absolute atomic E-state index is 12.2. The number of hydrogen-bond acceptors (Lipinski definition) is 6. The molecular weight excluding hydrogens is 342 g/mol. The summed E-state index contributed by atoms with van der Waals surface area (Å²) >= 11 is 0. The summed E-state index contributed by atoms with van der Waals surface area (Å²) in [7, 11) is 0. The fourth-order valence-corrected chi connectivity index (χ4v) is 2.33. The molecule has 2 aromatic rings. The monoisotopic (exact) mass is 357 g/mol. The van der Waals surface area contributed by atoms with E-state index in [-0.39, 0.29) is 23.5 Å². The SMILES string of the molecule is CCn1cc(C#N)c(=O)n(CC(=O)Nc2ccc(C)cc2[N+](=O)[O-])c1=O. The topological polar surface area (TPSA) is 140 Å². The van der Waals surface area contributed by atoms with Crippen LogP contribution in [0.2, 0.25) is 0 Å². The molecule has 1 amide bonds. The van der Waals surface area contributed by atoms with Gasteiger partial charge in [-0.1, -0.05) is 6.07 Å². The van der Waals surface area contributed by atoms with Crippen molar-refractivity contribution in [2.75, 3.05) is 5.32 Å². The van der Waals surface area contributed by atoms with Crippen LogP contribution >= 0.6 is 0 Å². The third kappa shape index (κ3) is 3.67. The first kappa shape index (κ1) is 18.6. The third-order valence-electron chi connectivity index (χ3n) is 3.62. The van der Waals surface area contributed by atoms with E-state index < -0.39 is 28.6 Å². The van der Waals surface area contributed by atoms with Crippen LogP contribution < -0.4 is 16.6 Å². The average molecular weight is 357 g/mol. The minimum atomic E-state index is -0.893. The number of nitro benzene ring substituents is 1. The van der Waals surface area contributed by atoms with Gasteiger partial charge >= 0.3 is 5.69 Å². The van der Waals surface area contributed by atoms with Crippen molar-refractivity contribution in [3.63, 3.8) is 0 Å². The molecule has 1 N–H and O–H groups in total. The molecule has 0 unspecified atom stereocenters. The van der Waals surface area contributed by atoms with Crippen LogP contribution in [0.4, 0.5) is 11.4 Å². The number of aromatic nitrogens is 2. The van der Waals surface area contributed by atoms with E-state index in [2.05, 4.69) is 5.32 Å². The molecule has 10 heteroatoms. The van der Waals surface area contributed by atoms with E-state index in [4.69, 9.17) is 5.26 Å². The fourth-order valence-electron chi connectivity index (χ4n) is 2.33. The fraction of sp³-hybridized carbons (Fsp3) is 0.250. The summed E-state index contributed by atoms with van der Waals surface area (Å²) in [6.45, 7) is 2.85. The second-order valence-electron chi connectivity index (χ2n) is 5.44. The van der Waals surface area contributed by atoms with Gasteiger partial charge in [0.05, 0.1) is 4.92 Å². The summed E-state index contributed by atoms with van der Waals surface area (Å²) in [5, 5.41) is 22.4. The molecule has 0 aliphatic carbocycles. The molecule has 134 valence electrons. The van der Waals surface area contributed by atoms with Crippen LogP contribution in [0.1, 0.15) is 18.1 Å². The van der Waals surface area contributed by atoms with E-state index in [0.717, 1.165) is 10.8 Å². The lowest BCUT2D eigenvalue weighted by atomic mass is 10.2. The summed E-state index contributed by atoms with van der Waals surface area (Å²) in [5.74, 6) is -0.797. The molecule has 0 radical (unpaired) electrons. The largest absolute Gasteiger partial charge is 0.331 e.